The van der Waals surface area contributed by atoms with Crippen molar-refractivity contribution in [2.24, 2.45) is 0 Å². The molecule has 0 saturated carbocycles. The third-order valence-electron chi connectivity index (χ3n) is 3.45. The monoisotopic (exact) mass is 399 g/mol. The molecule has 10 heteroatoms. The average Bonchev–Trinajstić information content (AvgIpc) is 3.01. The molecule has 0 aliphatic carbocycles. The number of aromatic nitrogens is 3. The Bertz CT molecular complexity index is 971. The summed E-state index contributed by atoms with van der Waals surface area (Å²) in [5.74, 6) is -1.94. The molecule has 0 fully saturated rings. The molecule has 2 heterocycles. The summed E-state index contributed by atoms with van der Waals surface area (Å²) in [4.78, 5) is 19.1. The SMILES string of the molecule is O=C(Cn1cncc1F)c1ccc(Oc2ccc(Cl)cc2)nc1C(F)(F)F. The highest BCUT2D eigenvalue weighted by Gasteiger charge is 2.38. The lowest BCUT2D eigenvalue weighted by atomic mass is 10.1. The lowest BCUT2D eigenvalue weighted by molar-refractivity contribution is -0.141. The number of alkyl halides is 3. The van der Waals surface area contributed by atoms with Crippen molar-refractivity contribution >= 4 is 17.4 Å². The molecule has 0 bridgehead atoms. The zero-order valence-electron chi connectivity index (χ0n) is 13.4. The minimum absolute atomic E-state index is 0.222. The van der Waals surface area contributed by atoms with Crippen LogP contribution in [0, 0.1) is 5.95 Å². The highest BCUT2D eigenvalue weighted by Crippen LogP contribution is 2.33. The molecular formula is C17H10ClF4N3O2. The fourth-order valence-electron chi connectivity index (χ4n) is 2.22. The van der Waals surface area contributed by atoms with Crippen molar-refractivity contribution in [2.75, 3.05) is 0 Å². The minimum Gasteiger partial charge on any atom is -0.439 e. The maximum absolute atomic E-state index is 13.4. The summed E-state index contributed by atoms with van der Waals surface area (Å²) in [5, 5.41) is 0.430. The van der Waals surface area contributed by atoms with E-state index in [2.05, 4.69) is 9.97 Å². The van der Waals surface area contributed by atoms with Crippen LogP contribution in [0.15, 0.2) is 48.9 Å². The van der Waals surface area contributed by atoms with Crippen LogP contribution in [-0.4, -0.2) is 20.3 Å². The van der Waals surface area contributed by atoms with Gasteiger partial charge < -0.3 is 4.74 Å². The normalized spacial score (nSPS) is 11.4. The molecule has 0 unspecified atom stereocenters. The number of benzene rings is 1. The second-order valence-corrected chi connectivity index (χ2v) is 5.80. The van der Waals surface area contributed by atoms with Crippen molar-refractivity contribution in [2.45, 2.75) is 12.7 Å². The maximum Gasteiger partial charge on any atom is 0.434 e. The van der Waals surface area contributed by atoms with Gasteiger partial charge >= 0.3 is 6.18 Å². The van der Waals surface area contributed by atoms with Crippen LogP contribution in [0.3, 0.4) is 0 Å². The van der Waals surface area contributed by atoms with Crippen LogP contribution in [0.5, 0.6) is 11.6 Å². The summed E-state index contributed by atoms with van der Waals surface area (Å²) in [7, 11) is 0. The van der Waals surface area contributed by atoms with E-state index in [0.29, 0.717) is 5.02 Å². The average molecular weight is 400 g/mol. The molecule has 3 rings (SSSR count). The van der Waals surface area contributed by atoms with Gasteiger partial charge in [0, 0.05) is 11.1 Å². The van der Waals surface area contributed by atoms with E-state index in [0.717, 1.165) is 29.2 Å². The highest BCUT2D eigenvalue weighted by molar-refractivity contribution is 6.30. The maximum atomic E-state index is 13.4. The topological polar surface area (TPSA) is 57.0 Å². The van der Waals surface area contributed by atoms with Crippen molar-refractivity contribution in [3.8, 4) is 11.6 Å². The molecule has 0 aliphatic heterocycles. The van der Waals surface area contributed by atoms with Gasteiger partial charge in [-0.1, -0.05) is 11.6 Å². The molecule has 0 radical (unpaired) electrons. The molecule has 1 aromatic carbocycles. The van der Waals surface area contributed by atoms with E-state index in [9.17, 15) is 22.4 Å². The van der Waals surface area contributed by atoms with Gasteiger partial charge in [-0.25, -0.2) is 9.97 Å². The summed E-state index contributed by atoms with van der Waals surface area (Å²) in [6.45, 7) is -0.645. The van der Waals surface area contributed by atoms with E-state index in [1.165, 1.54) is 24.3 Å². The van der Waals surface area contributed by atoms with Gasteiger partial charge in [0.2, 0.25) is 11.8 Å². The fourth-order valence-corrected chi connectivity index (χ4v) is 2.35. The number of rotatable bonds is 5. The number of pyridine rings is 1. The van der Waals surface area contributed by atoms with Crippen molar-refractivity contribution in [1.29, 1.82) is 0 Å². The molecule has 0 saturated heterocycles. The number of carbonyl (C=O) groups is 1. The van der Waals surface area contributed by atoms with Gasteiger partial charge in [0.25, 0.3) is 0 Å². The Labute approximate surface area is 155 Å². The van der Waals surface area contributed by atoms with Crippen LogP contribution in [-0.2, 0) is 12.7 Å². The Balaban J connectivity index is 1.91. The number of hydrogen-bond donors (Lipinski definition) is 0. The number of Topliss-reactive ketones (excluding diaryl/α,β-unsaturated/α-hetero) is 1. The van der Waals surface area contributed by atoms with E-state index >= 15 is 0 Å². The number of nitrogens with zero attached hydrogens (tertiary/aromatic N) is 3. The van der Waals surface area contributed by atoms with E-state index in [4.69, 9.17) is 16.3 Å². The smallest absolute Gasteiger partial charge is 0.434 e. The number of carbonyl (C=O) groups excluding carboxylic acids is 1. The third-order valence-corrected chi connectivity index (χ3v) is 3.70. The highest BCUT2D eigenvalue weighted by atomic mass is 35.5. The molecule has 0 N–H and O–H groups in total. The first-order valence-corrected chi connectivity index (χ1v) is 7.82. The van der Waals surface area contributed by atoms with Crippen LogP contribution in [0.2, 0.25) is 5.02 Å². The van der Waals surface area contributed by atoms with Crippen molar-refractivity contribution in [3.63, 3.8) is 0 Å². The van der Waals surface area contributed by atoms with Crippen LogP contribution in [0.25, 0.3) is 0 Å². The van der Waals surface area contributed by atoms with Crippen LogP contribution in [0.1, 0.15) is 16.1 Å². The number of hydrogen-bond acceptors (Lipinski definition) is 4. The van der Waals surface area contributed by atoms with Crippen LogP contribution < -0.4 is 4.74 Å². The first-order valence-electron chi connectivity index (χ1n) is 7.44. The summed E-state index contributed by atoms with van der Waals surface area (Å²) in [5.41, 5.74) is -2.11. The molecule has 2 aromatic heterocycles. The molecule has 0 amide bonds. The first-order chi connectivity index (χ1) is 12.7. The molecule has 27 heavy (non-hydrogen) atoms. The number of ketones is 1. The van der Waals surface area contributed by atoms with E-state index < -0.39 is 35.7 Å². The molecule has 0 atom stereocenters. The number of halogens is 5. The second kappa shape index (κ2) is 7.36. The van der Waals surface area contributed by atoms with Crippen molar-refractivity contribution < 1.29 is 27.1 Å². The zero-order valence-corrected chi connectivity index (χ0v) is 14.1. The van der Waals surface area contributed by atoms with Gasteiger partial charge in [-0.05, 0) is 30.3 Å². The summed E-state index contributed by atoms with van der Waals surface area (Å²) in [6.07, 6.45) is -3.05. The van der Waals surface area contributed by atoms with E-state index in [1.807, 2.05) is 0 Å². The minimum atomic E-state index is -4.90. The molecule has 5 nitrogen and oxygen atoms in total. The molecular weight excluding hydrogens is 390 g/mol. The van der Waals surface area contributed by atoms with Crippen molar-refractivity contribution in [3.05, 3.63) is 71.2 Å². The zero-order chi connectivity index (χ0) is 19.6. The molecule has 0 spiro atoms. The molecule has 140 valence electrons. The predicted octanol–water partition coefficient (Wildman–Crippen LogP) is 4.76. The summed E-state index contributed by atoms with van der Waals surface area (Å²) in [6, 6.07) is 7.98. The number of ether oxygens (including phenoxy) is 1. The van der Waals surface area contributed by atoms with Gasteiger partial charge in [0.15, 0.2) is 11.5 Å². The Morgan fingerprint density at radius 2 is 1.85 bits per heavy atom. The second-order valence-electron chi connectivity index (χ2n) is 5.37. The Hall–Kier alpha value is -2.94. The summed E-state index contributed by atoms with van der Waals surface area (Å²) >= 11 is 5.73. The lowest BCUT2D eigenvalue weighted by Crippen LogP contribution is -2.19. The predicted molar refractivity (Wildman–Crippen MR) is 87.3 cm³/mol. The van der Waals surface area contributed by atoms with Gasteiger partial charge in [0.1, 0.15) is 5.75 Å². The summed E-state index contributed by atoms with van der Waals surface area (Å²) < 4.78 is 59.5. The van der Waals surface area contributed by atoms with Crippen LogP contribution >= 0.6 is 11.6 Å². The standard InChI is InChI=1S/C17H10ClF4N3O2/c18-10-1-3-11(4-2-10)27-15-6-5-12(16(24-15)17(20,21)22)13(26)8-25-9-23-7-14(25)19/h1-7,9H,8H2. The Kier molecular flexibility index (Phi) is 5.13. The number of imidazole rings is 1. The van der Waals surface area contributed by atoms with Gasteiger partial charge in [-0.2, -0.15) is 17.6 Å². The fraction of sp³-hybridized carbons (Fsp3) is 0.118. The quantitative estimate of drug-likeness (QED) is 0.458. The first kappa shape index (κ1) is 18.8. The third kappa shape index (κ3) is 4.43. The van der Waals surface area contributed by atoms with Gasteiger partial charge in [0.05, 0.1) is 24.6 Å². The van der Waals surface area contributed by atoms with Gasteiger partial charge in [-0.3, -0.25) is 9.36 Å². The lowest BCUT2D eigenvalue weighted by Gasteiger charge is -2.13. The van der Waals surface area contributed by atoms with Crippen molar-refractivity contribution in [1.82, 2.24) is 14.5 Å². The molecule has 0 aliphatic rings. The molecule has 3 aromatic rings. The van der Waals surface area contributed by atoms with E-state index in [1.54, 1.807) is 0 Å². The van der Waals surface area contributed by atoms with Crippen LogP contribution in [0.4, 0.5) is 17.6 Å². The Morgan fingerprint density at radius 3 is 2.44 bits per heavy atom. The van der Waals surface area contributed by atoms with E-state index in [-0.39, 0.29) is 11.6 Å². The Morgan fingerprint density at radius 1 is 1.15 bits per heavy atom. The largest absolute Gasteiger partial charge is 0.439 e. The van der Waals surface area contributed by atoms with Gasteiger partial charge in [-0.15, -0.1) is 0 Å².